The van der Waals surface area contributed by atoms with Crippen LogP contribution in [0.4, 0.5) is 10.5 Å². The maximum Gasteiger partial charge on any atom is 0.319 e. The summed E-state index contributed by atoms with van der Waals surface area (Å²) in [4.78, 5) is 11.8. The van der Waals surface area contributed by atoms with E-state index in [0.29, 0.717) is 5.92 Å². The van der Waals surface area contributed by atoms with Crippen molar-refractivity contribution < 1.29 is 4.79 Å². The number of para-hydroxylation sites is 1. The van der Waals surface area contributed by atoms with E-state index in [9.17, 15) is 4.79 Å². The first-order valence-corrected chi connectivity index (χ1v) is 6.03. The first-order valence-electron chi connectivity index (χ1n) is 6.03. The van der Waals surface area contributed by atoms with Crippen LogP contribution in [0.25, 0.3) is 0 Å². The summed E-state index contributed by atoms with van der Waals surface area (Å²) < 4.78 is 0. The SMILES string of the molecule is CC(C)CC(C)(C)NC(=O)Nc1ccccc1. The van der Waals surface area contributed by atoms with E-state index in [1.165, 1.54) is 0 Å². The number of nitrogens with one attached hydrogen (secondary N) is 2. The molecule has 2 N–H and O–H groups in total. The van der Waals surface area contributed by atoms with Crippen LogP contribution in [0.5, 0.6) is 0 Å². The Hall–Kier alpha value is -1.51. The smallest absolute Gasteiger partial charge is 0.319 e. The molecule has 17 heavy (non-hydrogen) atoms. The number of carbonyl (C=O) groups is 1. The zero-order valence-electron chi connectivity index (χ0n) is 11.1. The van der Waals surface area contributed by atoms with Gasteiger partial charge in [0, 0.05) is 11.2 Å². The third kappa shape index (κ3) is 5.38. The average Bonchev–Trinajstić information content (AvgIpc) is 2.15. The highest BCUT2D eigenvalue weighted by Crippen LogP contribution is 2.15. The zero-order chi connectivity index (χ0) is 12.9. The molecule has 0 bridgehead atoms. The van der Waals surface area contributed by atoms with E-state index in [1.807, 2.05) is 44.2 Å². The van der Waals surface area contributed by atoms with Crippen LogP contribution in [-0.4, -0.2) is 11.6 Å². The molecular weight excluding hydrogens is 212 g/mol. The van der Waals surface area contributed by atoms with Gasteiger partial charge in [-0.15, -0.1) is 0 Å². The molecule has 3 nitrogen and oxygen atoms in total. The van der Waals surface area contributed by atoms with Crippen molar-refractivity contribution >= 4 is 11.7 Å². The lowest BCUT2D eigenvalue weighted by molar-refractivity contribution is 0.236. The quantitative estimate of drug-likeness (QED) is 0.820. The van der Waals surface area contributed by atoms with Crippen molar-refractivity contribution in [1.29, 1.82) is 0 Å². The summed E-state index contributed by atoms with van der Waals surface area (Å²) in [5, 5.41) is 5.81. The highest BCUT2D eigenvalue weighted by atomic mass is 16.2. The molecule has 1 aromatic carbocycles. The molecule has 0 spiro atoms. The van der Waals surface area contributed by atoms with Gasteiger partial charge >= 0.3 is 6.03 Å². The summed E-state index contributed by atoms with van der Waals surface area (Å²) in [5.74, 6) is 0.557. The Morgan fingerprint density at radius 3 is 2.35 bits per heavy atom. The molecular formula is C14H22N2O. The number of anilines is 1. The molecule has 0 aliphatic heterocycles. The molecule has 0 radical (unpaired) electrons. The molecule has 3 heteroatoms. The lowest BCUT2D eigenvalue weighted by atomic mass is 9.93. The van der Waals surface area contributed by atoms with Crippen LogP contribution in [0.2, 0.25) is 0 Å². The molecule has 1 rings (SSSR count). The van der Waals surface area contributed by atoms with Gasteiger partial charge in [0.1, 0.15) is 0 Å². The maximum atomic E-state index is 11.8. The number of benzene rings is 1. The molecule has 0 heterocycles. The summed E-state index contributed by atoms with van der Waals surface area (Å²) in [6.07, 6.45) is 0.954. The number of carbonyl (C=O) groups excluding carboxylic acids is 1. The minimum Gasteiger partial charge on any atom is -0.333 e. The predicted octanol–water partition coefficient (Wildman–Crippen LogP) is 3.63. The summed E-state index contributed by atoms with van der Waals surface area (Å²) in [6.45, 7) is 8.38. The highest BCUT2D eigenvalue weighted by Gasteiger charge is 2.21. The van der Waals surface area contributed by atoms with Crippen molar-refractivity contribution in [3.63, 3.8) is 0 Å². The Bertz CT molecular complexity index is 358. The second kappa shape index (κ2) is 5.71. The first-order chi connectivity index (χ1) is 7.89. The molecule has 0 fully saturated rings. The molecule has 0 unspecified atom stereocenters. The standard InChI is InChI=1S/C14H22N2O/c1-11(2)10-14(3,4)16-13(17)15-12-8-6-5-7-9-12/h5-9,11H,10H2,1-4H3,(H2,15,16,17). The van der Waals surface area contributed by atoms with E-state index in [0.717, 1.165) is 12.1 Å². The second-order valence-electron chi connectivity index (χ2n) is 5.43. The van der Waals surface area contributed by atoms with Gasteiger partial charge in [0.2, 0.25) is 0 Å². The minimum absolute atomic E-state index is 0.151. The number of hydrogen-bond donors (Lipinski definition) is 2. The van der Waals surface area contributed by atoms with Gasteiger partial charge in [-0.1, -0.05) is 32.0 Å². The van der Waals surface area contributed by atoms with Crippen LogP contribution < -0.4 is 10.6 Å². The largest absolute Gasteiger partial charge is 0.333 e. The molecule has 0 aliphatic carbocycles. The molecule has 2 amide bonds. The van der Waals surface area contributed by atoms with Crippen LogP contribution in [0.3, 0.4) is 0 Å². The molecule has 0 saturated carbocycles. The number of rotatable bonds is 4. The first kappa shape index (κ1) is 13.6. The van der Waals surface area contributed by atoms with Crippen molar-refractivity contribution in [3.05, 3.63) is 30.3 Å². The Morgan fingerprint density at radius 2 is 1.82 bits per heavy atom. The monoisotopic (exact) mass is 234 g/mol. The summed E-state index contributed by atoms with van der Waals surface area (Å²) >= 11 is 0. The van der Waals surface area contributed by atoms with E-state index >= 15 is 0 Å². The Kier molecular flexibility index (Phi) is 4.55. The van der Waals surface area contributed by atoms with Gasteiger partial charge in [-0.25, -0.2) is 4.79 Å². The third-order valence-corrected chi connectivity index (χ3v) is 2.40. The van der Waals surface area contributed by atoms with Gasteiger partial charge in [-0.3, -0.25) is 0 Å². The van der Waals surface area contributed by atoms with Gasteiger partial charge in [0.15, 0.2) is 0 Å². The highest BCUT2D eigenvalue weighted by molar-refractivity contribution is 5.89. The molecule has 0 atom stereocenters. The van der Waals surface area contributed by atoms with Crippen LogP contribution in [0.1, 0.15) is 34.1 Å². The third-order valence-electron chi connectivity index (χ3n) is 2.40. The van der Waals surface area contributed by atoms with Gasteiger partial charge in [-0.05, 0) is 38.3 Å². The molecule has 0 saturated heterocycles. The van der Waals surface area contributed by atoms with E-state index < -0.39 is 0 Å². The van der Waals surface area contributed by atoms with Crippen LogP contribution in [-0.2, 0) is 0 Å². The van der Waals surface area contributed by atoms with Gasteiger partial charge in [0.25, 0.3) is 0 Å². The normalized spacial score (nSPS) is 11.4. The van der Waals surface area contributed by atoms with E-state index in [4.69, 9.17) is 0 Å². The average molecular weight is 234 g/mol. The van der Waals surface area contributed by atoms with E-state index in [-0.39, 0.29) is 11.6 Å². The van der Waals surface area contributed by atoms with Crippen molar-refractivity contribution in [3.8, 4) is 0 Å². The van der Waals surface area contributed by atoms with Gasteiger partial charge < -0.3 is 10.6 Å². The van der Waals surface area contributed by atoms with Gasteiger partial charge in [-0.2, -0.15) is 0 Å². The number of urea groups is 1. The minimum atomic E-state index is -0.187. The Balaban J connectivity index is 2.50. The molecule has 0 aliphatic rings. The Morgan fingerprint density at radius 1 is 1.24 bits per heavy atom. The van der Waals surface area contributed by atoms with Crippen LogP contribution >= 0.6 is 0 Å². The zero-order valence-corrected chi connectivity index (χ0v) is 11.1. The van der Waals surface area contributed by atoms with E-state index in [2.05, 4.69) is 24.5 Å². The molecule has 1 aromatic rings. The number of amides is 2. The second-order valence-corrected chi connectivity index (χ2v) is 5.43. The lowest BCUT2D eigenvalue weighted by Gasteiger charge is -2.28. The fraction of sp³-hybridized carbons (Fsp3) is 0.500. The summed E-state index contributed by atoms with van der Waals surface area (Å²) in [5.41, 5.74) is 0.623. The van der Waals surface area contributed by atoms with Crippen molar-refractivity contribution in [2.75, 3.05) is 5.32 Å². The maximum absolute atomic E-state index is 11.8. The van der Waals surface area contributed by atoms with E-state index in [1.54, 1.807) is 0 Å². The van der Waals surface area contributed by atoms with Crippen LogP contribution in [0.15, 0.2) is 30.3 Å². The number of hydrogen-bond acceptors (Lipinski definition) is 1. The van der Waals surface area contributed by atoms with Crippen LogP contribution in [0, 0.1) is 5.92 Å². The molecule has 94 valence electrons. The van der Waals surface area contributed by atoms with Crippen molar-refractivity contribution in [1.82, 2.24) is 5.32 Å². The van der Waals surface area contributed by atoms with Crippen molar-refractivity contribution in [2.24, 2.45) is 5.92 Å². The van der Waals surface area contributed by atoms with Gasteiger partial charge in [0.05, 0.1) is 0 Å². The predicted molar refractivity (Wildman–Crippen MR) is 72.1 cm³/mol. The Labute approximate surface area is 104 Å². The summed E-state index contributed by atoms with van der Waals surface area (Å²) in [6, 6.07) is 9.31. The van der Waals surface area contributed by atoms with Crippen molar-refractivity contribution in [2.45, 2.75) is 39.7 Å². The fourth-order valence-corrected chi connectivity index (χ4v) is 2.06. The summed E-state index contributed by atoms with van der Waals surface area (Å²) in [7, 11) is 0. The lowest BCUT2D eigenvalue weighted by Crippen LogP contribution is -2.46. The fourth-order valence-electron chi connectivity index (χ4n) is 2.06. The molecule has 0 aromatic heterocycles. The topological polar surface area (TPSA) is 41.1 Å².